The number of ether oxygens (including phenoxy) is 2. The van der Waals surface area contributed by atoms with Crippen molar-refractivity contribution in [3.63, 3.8) is 0 Å². The zero-order chi connectivity index (χ0) is 21.3. The van der Waals surface area contributed by atoms with Gasteiger partial charge in [0.2, 0.25) is 17.7 Å². The van der Waals surface area contributed by atoms with Crippen LogP contribution in [0.1, 0.15) is 0 Å². The Morgan fingerprint density at radius 1 is 1.20 bits per heavy atom. The molecule has 0 saturated carbocycles. The molecule has 3 rings (SSSR count). The summed E-state index contributed by atoms with van der Waals surface area (Å²) in [5, 5.41) is 5.55. The van der Waals surface area contributed by atoms with E-state index in [1.54, 1.807) is 42.5 Å². The fourth-order valence-electron chi connectivity index (χ4n) is 2.34. The number of carbonyl (C=O) groups excluding carboxylic acids is 1. The number of hydrogen-bond acceptors (Lipinski definition) is 6. The Labute approximate surface area is 172 Å². The van der Waals surface area contributed by atoms with Gasteiger partial charge in [-0.05, 0) is 30.3 Å². The third-order valence-corrected chi connectivity index (χ3v) is 3.63. The average Bonchev–Trinajstić information content (AvgIpc) is 2.75. The highest BCUT2D eigenvalue weighted by Crippen LogP contribution is 2.26. The molecule has 0 aliphatic carbocycles. The lowest BCUT2D eigenvalue weighted by Crippen LogP contribution is -2.07. The van der Waals surface area contributed by atoms with Gasteiger partial charge in [0.1, 0.15) is 18.1 Å². The van der Waals surface area contributed by atoms with Crippen molar-refractivity contribution in [2.45, 2.75) is 0 Å². The highest BCUT2D eigenvalue weighted by atomic mass is 19.1. The van der Waals surface area contributed by atoms with Crippen LogP contribution in [-0.4, -0.2) is 22.5 Å². The number of hydrogen-bond donors (Lipinski definition) is 2. The third kappa shape index (κ3) is 5.56. The van der Waals surface area contributed by atoms with Crippen LogP contribution in [-0.2, 0) is 4.79 Å². The molecule has 0 saturated heterocycles. The van der Waals surface area contributed by atoms with E-state index in [0.29, 0.717) is 17.1 Å². The molecule has 0 spiro atoms. The summed E-state index contributed by atoms with van der Waals surface area (Å²) in [5.41, 5.74) is 1.09. The first kappa shape index (κ1) is 20.4. The molecule has 30 heavy (non-hydrogen) atoms. The van der Waals surface area contributed by atoms with E-state index in [4.69, 9.17) is 15.9 Å². The van der Waals surface area contributed by atoms with Crippen LogP contribution in [0.15, 0.2) is 67.4 Å². The highest BCUT2D eigenvalue weighted by molar-refractivity contribution is 5.98. The zero-order valence-corrected chi connectivity index (χ0v) is 15.8. The number of terminal acetylenes is 1. The zero-order valence-electron chi connectivity index (χ0n) is 15.8. The van der Waals surface area contributed by atoms with Gasteiger partial charge < -0.3 is 20.1 Å². The number of carbonyl (C=O) groups is 1. The molecule has 7 nitrogen and oxygen atoms in total. The van der Waals surface area contributed by atoms with E-state index in [1.807, 2.05) is 0 Å². The maximum atomic E-state index is 14.2. The first-order valence-electron chi connectivity index (χ1n) is 8.74. The van der Waals surface area contributed by atoms with Crippen LogP contribution in [0, 0.1) is 18.2 Å². The molecule has 1 heterocycles. The molecule has 1 aromatic heterocycles. The summed E-state index contributed by atoms with van der Waals surface area (Å²) in [6.07, 6.45) is 7.32. The van der Waals surface area contributed by atoms with Gasteiger partial charge in [0.05, 0.1) is 6.20 Å². The molecule has 0 atom stereocenters. The largest absolute Gasteiger partial charge is 0.481 e. The molecular weight excluding hydrogens is 387 g/mol. The van der Waals surface area contributed by atoms with E-state index in [0.717, 1.165) is 12.3 Å². The van der Waals surface area contributed by atoms with Crippen molar-refractivity contribution in [2.24, 2.45) is 0 Å². The molecule has 0 bridgehead atoms. The minimum Gasteiger partial charge on any atom is -0.481 e. The van der Waals surface area contributed by atoms with Crippen LogP contribution in [0.25, 0.3) is 0 Å². The van der Waals surface area contributed by atoms with Crippen LogP contribution in [0.4, 0.5) is 21.7 Å². The fraction of sp³-hybridized carbons (Fsp3) is 0.0455. The highest BCUT2D eigenvalue weighted by Gasteiger charge is 2.11. The van der Waals surface area contributed by atoms with E-state index in [1.165, 1.54) is 6.07 Å². The number of aromatic nitrogens is 2. The summed E-state index contributed by atoms with van der Waals surface area (Å²) in [4.78, 5) is 19.4. The summed E-state index contributed by atoms with van der Waals surface area (Å²) < 4.78 is 25.1. The van der Waals surface area contributed by atoms with Crippen LogP contribution < -0.4 is 20.1 Å². The van der Waals surface area contributed by atoms with Crippen molar-refractivity contribution in [1.29, 1.82) is 0 Å². The van der Waals surface area contributed by atoms with Gasteiger partial charge in [-0.15, -0.1) is 6.42 Å². The SMILES string of the molecule is C#CCOc1cccc(Nc2ncc(F)c(Oc3cccc(NC(=O)C=C)c3)n2)c1. The summed E-state index contributed by atoms with van der Waals surface area (Å²) in [6, 6.07) is 13.4. The Morgan fingerprint density at radius 3 is 2.70 bits per heavy atom. The summed E-state index contributed by atoms with van der Waals surface area (Å²) in [6.45, 7) is 3.53. The Bertz CT molecular complexity index is 1110. The molecule has 3 aromatic rings. The van der Waals surface area contributed by atoms with Crippen LogP contribution in [0.5, 0.6) is 17.4 Å². The summed E-state index contributed by atoms with van der Waals surface area (Å²) >= 11 is 0. The van der Waals surface area contributed by atoms with Crippen molar-refractivity contribution >= 4 is 23.2 Å². The van der Waals surface area contributed by atoms with Crippen molar-refractivity contribution in [2.75, 3.05) is 17.2 Å². The monoisotopic (exact) mass is 404 g/mol. The Balaban J connectivity index is 1.76. The number of rotatable bonds is 8. The molecule has 8 heteroatoms. The number of nitrogens with one attached hydrogen (secondary N) is 2. The Kier molecular flexibility index (Phi) is 6.59. The molecule has 2 N–H and O–H groups in total. The molecule has 0 aliphatic heterocycles. The normalized spacial score (nSPS) is 9.87. The lowest BCUT2D eigenvalue weighted by molar-refractivity contribution is -0.111. The molecule has 0 radical (unpaired) electrons. The van der Waals surface area contributed by atoms with Crippen LogP contribution >= 0.6 is 0 Å². The first-order chi connectivity index (χ1) is 14.6. The van der Waals surface area contributed by atoms with Crippen molar-refractivity contribution in [3.8, 4) is 29.7 Å². The third-order valence-electron chi connectivity index (χ3n) is 3.63. The molecule has 0 unspecified atom stereocenters. The minimum atomic E-state index is -0.743. The quantitative estimate of drug-likeness (QED) is 0.430. The lowest BCUT2D eigenvalue weighted by Gasteiger charge is -2.10. The van der Waals surface area contributed by atoms with Gasteiger partial charge in [0, 0.05) is 23.5 Å². The van der Waals surface area contributed by atoms with E-state index in [9.17, 15) is 9.18 Å². The van der Waals surface area contributed by atoms with Gasteiger partial charge in [-0.1, -0.05) is 24.6 Å². The Morgan fingerprint density at radius 2 is 1.93 bits per heavy atom. The first-order valence-corrected chi connectivity index (χ1v) is 8.74. The van der Waals surface area contributed by atoms with E-state index in [2.05, 4.69) is 33.1 Å². The standard InChI is InChI=1S/C22H17FN4O3/c1-3-11-29-17-9-5-8-16(12-17)26-22-24-14-19(23)21(27-22)30-18-10-6-7-15(13-18)25-20(28)4-2/h1,4-10,12-14H,2,11H2,(H,25,28)(H,24,26,27). The van der Waals surface area contributed by atoms with E-state index < -0.39 is 5.82 Å². The minimum absolute atomic E-state index is 0.122. The summed E-state index contributed by atoms with van der Waals surface area (Å²) in [7, 11) is 0. The van der Waals surface area contributed by atoms with E-state index in [-0.39, 0.29) is 30.1 Å². The number of anilines is 3. The molecule has 0 aliphatic rings. The van der Waals surface area contributed by atoms with Gasteiger partial charge in [0.25, 0.3) is 5.88 Å². The molecule has 150 valence electrons. The maximum absolute atomic E-state index is 14.2. The predicted octanol–water partition coefficient (Wildman–Crippen LogP) is 4.29. The van der Waals surface area contributed by atoms with Gasteiger partial charge in [-0.25, -0.2) is 4.98 Å². The number of amides is 1. The topological polar surface area (TPSA) is 85.4 Å². The number of nitrogens with zero attached hydrogens (tertiary/aromatic N) is 2. The average molecular weight is 404 g/mol. The van der Waals surface area contributed by atoms with Crippen molar-refractivity contribution in [3.05, 3.63) is 73.2 Å². The summed E-state index contributed by atoms with van der Waals surface area (Å²) in [5.74, 6) is 1.96. The maximum Gasteiger partial charge on any atom is 0.260 e. The number of halogens is 1. The van der Waals surface area contributed by atoms with Crippen molar-refractivity contribution in [1.82, 2.24) is 9.97 Å². The fourth-order valence-corrected chi connectivity index (χ4v) is 2.34. The lowest BCUT2D eigenvalue weighted by atomic mass is 10.3. The smallest absolute Gasteiger partial charge is 0.260 e. The van der Waals surface area contributed by atoms with Gasteiger partial charge >= 0.3 is 0 Å². The van der Waals surface area contributed by atoms with Gasteiger partial charge in [0.15, 0.2) is 0 Å². The van der Waals surface area contributed by atoms with Gasteiger partial charge in [-0.2, -0.15) is 9.37 Å². The number of benzene rings is 2. The molecule has 2 aromatic carbocycles. The second kappa shape index (κ2) is 9.71. The molecule has 1 amide bonds. The van der Waals surface area contributed by atoms with Crippen molar-refractivity contribution < 1.29 is 18.7 Å². The second-order valence-electron chi connectivity index (χ2n) is 5.82. The predicted molar refractivity (Wildman–Crippen MR) is 111 cm³/mol. The Hall–Kier alpha value is -4.38. The second-order valence-corrected chi connectivity index (χ2v) is 5.82. The van der Waals surface area contributed by atoms with E-state index >= 15 is 0 Å². The molecule has 0 fully saturated rings. The van der Waals surface area contributed by atoms with Crippen LogP contribution in [0.3, 0.4) is 0 Å². The molecular formula is C22H17FN4O3. The van der Waals surface area contributed by atoms with Gasteiger partial charge in [-0.3, -0.25) is 4.79 Å². The van der Waals surface area contributed by atoms with Crippen LogP contribution in [0.2, 0.25) is 0 Å².